The minimum atomic E-state index is -4.62. The fourth-order valence-electron chi connectivity index (χ4n) is 3.00. The van der Waals surface area contributed by atoms with Crippen LogP contribution in [-0.2, 0) is 11.0 Å². The number of amides is 2. The van der Waals surface area contributed by atoms with Gasteiger partial charge >= 0.3 is 6.18 Å². The molecule has 1 saturated heterocycles. The lowest BCUT2D eigenvalue weighted by Crippen LogP contribution is -2.27. The number of nitro benzene ring substituents is 1. The lowest BCUT2D eigenvalue weighted by atomic mass is 10.1. The molecule has 11 heteroatoms. The molecule has 2 amide bonds. The molecule has 1 aromatic heterocycles. The van der Waals surface area contributed by atoms with Crippen molar-refractivity contribution in [3.05, 3.63) is 87.0 Å². The molecule has 1 fully saturated rings. The van der Waals surface area contributed by atoms with Crippen LogP contribution in [0.2, 0.25) is 0 Å². The van der Waals surface area contributed by atoms with Crippen LogP contribution in [0.5, 0.6) is 0 Å². The van der Waals surface area contributed by atoms with Crippen LogP contribution >= 0.6 is 11.8 Å². The van der Waals surface area contributed by atoms with Gasteiger partial charge in [0.1, 0.15) is 11.5 Å². The Balaban J connectivity index is 1.61. The Morgan fingerprint density at radius 1 is 1.03 bits per heavy atom. The lowest BCUT2D eigenvalue weighted by Gasteiger charge is -2.14. The second kappa shape index (κ2) is 8.00. The lowest BCUT2D eigenvalue weighted by molar-refractivity contribution is -0.384. The molecule has 0 atom stereocenters. The van der Waals surface area contributed by atoms with Gasteiger partial charge in [-0.1, -0.05) is 18.2 Å². The van der Waals surface area contributed by atoms with Crippen molar-refractivity contribution < 1.29 is 32.1 Å². The van der Waals surface area contributed by atoms with Crippen LogP contribution < -0.4 is 4.90 Å². The fourth-order valence-corrected chi connectivity index (χ4v) is 3.82. The molecule has 0 spiro atoms. The highest BCUT2D eigenvalue weighted by Crippen LogP contribution is 2.38. The standard InChI is InChI=1S/C21H11F3N2O5S/c22-21(23,24)13-4-2-5-14(10-13)25-19(27)18(32-20(25)28)11-16-7-8-17(31-16)12-3-1-6-15(9-12)26(29)30/h1-11H/b18-11+. The number of alkyl halides is 3. The number of hydrogen-bond acceptors (Lipinski definition) is 6. The molecule has 0 N–H and O–H groups in total. The predicted molar refractivity (Wildman–Crippen MR) is 111 cm³/mol. The number of carbonyl (C=O) groups is 2. The predicted octanol–water partition coefficient (Wildman–Crippen LogP) is 6.11. The number of halogens is 3. The van der Waals surface area contributed by atoms with Gasteiger partial charge in [-0.25, -0.2) is 4.90 Å². The van der Waals surface area contributed by atoms with E-state index in [4.69, 9.17) is 4.42 Å². The van der Waals surface area contributed by atoms with Gasteiger partial charge in [-0.3, -0.25) is 19.7 Å². The average molecular weight is 460 g/mol. The van der Waals surface area contributed by atoms with E-state index in [2.05, 4.69) is 0 Å². The highest BCUT2D eigenvalue weighted by atomic mass is 32.2. The summed E-state index contributed by atoms with van der Waals surface area (Å²) in [4.78, 5) is 36.0. The number of thioether (sulfide) groups is 1. The highest BCUT2D eigenvalue weighted by Gasteiger charge is 2.38. The number of imide groups is 1. The topological polar surface area (TPSA) is 93.7 Å². The Morgan fingerprint density at radius 2 is 1.78 bits per heavy atom. The first-order valence-corrected chi connectivity index (χ1v) is 9.75. The maximum absolute atomic E-state index is 13.0. The summed E-state index contributed by atoms with van der Waals surface area (Å²) in [5, 5.41) is 10.2. The van der Waals surface area contributed by atoms with Crippen LogP contribution in [0.15, 0.2) is 70.0 Å². The van der Waals surface area contributed by atoms with E-state index in [0.29, 0.717) is 28.0 Å². The third kappa shape index (κ3) is 4.14. The fraction of sp³-hybridized carbons (Fsp3) is 0.0476. The Morgan fingerprint density at radius 3 is 2.50 bits per heavy atom. The number of carbonyl (C=O) groups excluding carboxylic acids is 2. The molecule has 1 aliphatic rings. The maximum Gasteiger partial charge on any atom is 0.416 e. The number of anilines is 1. The first-order chi connectivity index (χ1) is 15.1. The van der Waals surface area contributed by atoms with E-state index in [0.717, 1.165) is 18.2 Å². The van der Waals surface area contributed by atoms with E-state index in [1.165, 1.54) is 36.4 Å². The number of hydrogen-bond donors (Lipinski definition) is 0. The summed E-state index contributed by atoms with van der Waals surface area (Å²) in [6, 6.07) is 12.7. The minimum Gasteiger partial charge on any atom is -0.457 e. The quantitative estimate of drug-likeness (QED) is 0.265. The molecule has 0 unspecified atom stereocenters. The Kier molecular flexibility index (Phi) is 5.35. The molecular formula is C21H11F3N2O5S. The van der Waals surface area contributed by atoms with Gasteiger partial charge in [-0.05, 0) is 42.1 Å². The first kappa shape index (κ1) is 21.4. The van der Waals surface area contributed by atoms with Crippen LogP contribution in [0, 0.1) is 10.1 Å². The molecule has 0 saturated carbocycles. The van der Waals surface area contributed by atoms with E-state index >= 15 is 0 Å². The van der Waals surface area contributed by atoms with Crippen molar-refractivity contribution in [1.29, 1.82) is 0 Å². The summed E-state index contributed by atoms with van der Waals surface area (Å²) < 4.78 is 44.5. The number of rotatable bonds is 4. The van der Waals surface area contributed by atoms with Crippen molar-refractivity contribution in [2.75, 3.05) is 4.90 Å². The van der Waals surface area contributed by atoms with Crippen molar-refractivity contribution in [3.63, 3.8) is 0 Å². The maximum atomic E-state index is 13.0. The zero-order valence-electron chi connectivity index (χ0n) is 15.8. The second-order valence-corrected chi connectivity index (χ2v) is 7.57. The molecule has 162 valence electrons. The van der Waals surface area contributed by atoms with E-state index < -0.39 is 27.8 Å². The van der Waals surface area contributed by atoms with E-state index in [-0.39, 0.29) is 22.0 Å². The molecule has 2 aromatic carbocycles. The largest absolute Gasteiger partial charge is 0.457 e. The molecule has 4 rings (SSSR count). The molecule has 1 aliphatic heterocycles. The van der Waals surface area contributed by atoms with Gasteiger partial charge in [0, 0.05) is 23.8 Å². The number of nitro groups is 1. The minimum absolute atomic E-state index is 0.0349. The van der Waals surface area contributed by atoms with Crippen molar-refractivity contribution >= 4 is 40.4 Å². The summed E-state index contributed by atoms with van der Waals surface area (Å²) >= 11 is 0.564. The van der Waals surface area contributed by atoms with Gasteiger partial charge in [0.2, 0.25) is 0 Å². The van der Waals surface area contributed by atoms with Crippen molar-refractivity contribution in [1.82, 2.24) is 0 Å². The van der Waals surface area contributed by atoms with Crippen LogP contribution in [0.3, 0.4) is 0 Å². The van der Waals surface area contributed by atoms with Crippen LogP contribution in [0.1, 0.15) is 11.3 Å². The zero-order valence-corrected chi connectivity index (χ0v) is 16.6. The Hall–Kier alpha value is -3.86. The van der Waals surface area contributed by atoms with Gasteiger partial charge in [0.05, 0.1) is 21.1 Å². The molecule has 32 heavy (non-hydrogen) atoms. The van der Waals surface area contributed by atoms with Gasteiger partial charge in [0.25, 0.3) is 16.8 Å². The van der Waals surface area contributed by atoms with Crippen LogP contribution in [0.25, 0.3) is 17.4 Å². The van der Waals surface area contributed by atoms with Gasteiger partial charge in [-0.15, -0.1) is 0 Å². The van der Waals surface area contributed by atoms with Gasteiger partial charge in [-0.2, -0.15) is 13.2 Å². The summed E-state index contributed by atoms with van der Waals surface area (Å²) in [6.45, 7) is 0. The number of furan rings is 1. The van der Waals surface area contributed by atoms with E-state index in [9.17, 15) is 32.9 Å². The number of nitrogens with zero attached hydrogens (tertiary/aromatic N) is 2. The van der Waals surface area contributed by atoms with Gasteiger partial charge < -0.3 is 4.42 Å². The third-order valence-corrected chi connectivity index (χ3v) is 5.34. The van der Waals surface area contributed by atoms with Crippen LogP contribution in [-0.4, -0.2) is 16.1 Å². The van der Waals surface area contributed by atoms with Crippen molar-refractivity contribution in [2.45, 2.75) is 6.18 Å². The number of benzene rings is 2. The number of non-ortho nitro benzene ring substituents is 1. The summed E-state index contributed by atoms with van der Waals surface area (Å²) in [5.74, 6) is -0.286. The third-order valence-electron chi connectivity index (χ3n) is 4.47. The smallest absolute Gasteiger partial charge is 0.416 e. The molecule has 0 bridgehead atoms. The molecule has 3 aromatic rings. The monoisotopic (exact) mass is 460 g/mol. The Labute approximate surface area is 182 Å². The summed E-state index contributed by atoms with van der Waals surface area (Å²) in [6.07, 6.45) is -3.33. The first-order valence-electron chi connectivity index (χ1n) is 8.93. The second-order valence-electron chi connectivity index (χ2n) is 6.57. The normalized spacial score (nSPS) is 15.6. The molecule has 7 nitrogen and oxygen atoms in total. The van der Waals surface area contributed by atoms with Crippen LogP contribution in [0.4, 0.5) is 29.3 Å². The summed E-state index contributed by atoms with van der Waals surface area (Å²) in [7, 11) is 0. The van der Waals surface area contributed by atoms with E-state index in [1.54, 1.807) is 12.1 Å². The molecule has 0 radical (unpaired) electrons. The highest BCUT2D eigenvalue weighted by molar-refractivity contribution is 8.19. The van der Waals surface area contributed by atoms with Crippen molar-refractivity contribution in [2.24, 2.45) is 0 Å². The Bertz CT molecular complexity index is 1280. The summed E-state index contributed by atoms with van der Waals surface area (Å²) in [5.41, 5.74) is -0.855. The molecule has 0 aliphatic carbocycles. The zero-order chi connectivity index (χ0) is 23.0. The SMILES string of the molecule is O=C1S/C(=C/c2ccc(-c3cccc([N+](=O)[O-])c3)o2)C(=O)N1c1cccc(C(F)(F)F)c1. The van der Waals surface area contributed by atoms with E-state index in [1.807, 2.05) is 0 Å². The average Bonchev–Trinajstić information content (AvgIpc) is 3.32. The molecular weight excluding hydrogens is 449 g/mol. The van der Waals surface area contributed by atoms with Gasteiger partial charge in [0.15, 0.2) is 0 Å². The molecule has 2 heterocycles. The van der Waals surface area contributed by atoms with Crippen molar-refractivity contribution in [3.8, 4) is 11.3 Å².